The van der Waals surface area contributed by atoms with Crippen LogP contribution < -0.4 is 0 Å². The van der Waals surface area contributed by atoms with Crippen molar-refractivity contribution >= 4 is 26.0 Å². The SMILES string of the molecule is Cc1ccc(S(=O)(=O)N2CCC[C@@H]2c2ccc(Br)nc2)cc1. The van der Waals surface area contributed by atoms with Gasteiger partial charge in [-0.3, -0.25) is 0 Å². The molecule has 0 aliphatic carbocycles. The third-order valence-electron chi connectivity index (χ3n) is 3.97. The summed E-state index contributed by atoms with van der Waals surface area (Å²) in [6, 6.07) is 10.7. The maximum Gasteiger partial charge on any atom is 0.243 e. The normalized spacial score (nSPS) is 19.5. The molecule has 0 spiro atoms. The van der Waals surface area contributed by atoms with E-state index in [2.05, 4.69) is 20.9 Å². The molecule has 1 aliphatic rings. The number of hydrogen-bond donors (Lipinski definition) is 0. The molecule has 1 fully saturated rings. The van der Waals surface area contributed by atoms with Crippen molar-refractivity contribution in [3.05, 3.63) is 58.3 Å². The zero-order valence-corrected chi connectivity index (χ0v) is 14.6. The van der Waals surface area contributed by atoms with Crippen molar-refractivity contribution in [1.29, 1.82) is 0 Å². The molecule has 0 saturated carbocycles. The second kappa shape index (κ2) is 6.10. The number of halogens is 1. The molecular weight excluding hydrogens is 364 g/mol. The average Bonchev–Trinajstić information content (AvgIpc) is 2.99. The van der Waals surface area contributed by atoms with Crippen molar-refractivity contribution in [2.24, 2.45) is 0 Å². The summed E-state index contributed by atoms with van der Waals surface area (Å²) in [7, 11) is -3.47. The molecule has 22 heavy (non-hydrogen) atoms. The Balaban J connectivity index is 1.95. The third kappa shape index (κ3) is 2.95. The van der Waals surface area contributed by atoms with Crippen LogP contribution in [0, 0.1) is 6.92 Å². The molecular formula is C16H17BrN2O2S. The van der Waals surface area contributed by atoms with Gasteiger partial charge in [-0.15, -0.1) is 0 Å². The maximum atomic E-state index is 12.9. The van der Waals surface area contributed by atoms with Crippen LogP contribution in [0.25, 0.3) is 0 Å². The van der Waals surface area contributed by atoms with Gasteiger partial charge >= 0.3 is 0 Å². The van der Waals surface area contributed by atoms with E-state index in [0.29, 0.717) is 11.4 Å². The Morgan fingerprint density at radius 2 is 1.91 bits per heavy atom. The van der Waals surface area contributed by atoms with Crippen LogP contribution in [0.3, 0.4) is 0 Å². The molecule has 1 saturated heterocycles. The van der Waals surface area contributed by atoms with Crippen molar-refractivity contribution in [3.63, 3.8) is 0 Å². The number of pyridine rings is 1. The molecule has 1 aliphatic heterocycles. The van der Waals surface area contributed by atoms with E-state index < -0.39 is 10.0 Å². The molecule has 2 aromatic rings. The smallest absolute Gasteiger partial charge is 0.243 e. The third-order valence-corrected chi connectivity index (χ3v) is 6.36. The van der Waals surface area contributed by atoms with E-state index in [1.807, 2.05) is 31.2 Å². The summed E-state index contributed by atoms with van der Waals surface area (Å²) in [5.74, 6) is 0. The minimum Gasteiger partial charge on any atom is -0.249 e. The Morgan fingerprint density at radius 1 is 1.18 bits per heavy atom. The van der Waals surface area contributed by atoms with Crippen LogP contribution in [0.15, 0.2) is 52.1 Å². The fourth-order valence-corrected chi connectivity index (χ4v) is 4.71. The average molecular weight is 381 g/mol. The molecule has 1 aromatic carbocycles. The molecule has 116 valence electrons. The summed E-state index contributed by atoms with van der Waals surface area (Å²) < 4.78 is 28.1. The maximum absolute atomic E-state index is 12.9. The Bertz CT molecular complexity index is 758. The number of nitrogens with zero attached hydrogens (tertiary/aromatic N) is 2. The molecule has 0 amide bonds. The molecule has 3 rings (SSSR count). The molecule has 4 nitrogen and oxygen atoms in total. The monoisotopic (exact) mass is 380 g/mol. The van der Waals surface area contributed by atoms with Crippen LogP contribution in [0.2, 0.25) is 0 Å². The van der Waals surface area contributed by atoms with Crippen molar-refractivity contribution in [3.8, 4) is 0 Å². The lowest BCUT2D eigenvalue weighted by molar-refractivity contribution is 0.396. The first kappa shape index (κ1) is 15.6. The quantitative estimate of drug-likeness (QED) is 0.763. The highest BCUT2D eigenvalue weighted by Gasteiger charge is 2.36. The van der Waals surface area contributed by atoms with E-state index in [0.717, 1.165) is 28.6 Å². The van der Waals surface area contributed by atoms with E-state index in [1.54, 1.807) is 22.6 Å². The lowest BCUT2D eigenvalue weighted by atomic mass is 10.1. The minimum atomic E-state index is -3.47. The summed E-state index contributed by atoms with van der Waals surface area (Å²) in [6.45, 7) is 2.50. The number of hydrogen-bond acceptors (Lipinski definition) is 3. The lowest BCUT2D eigenvalue weighted by Crippen LogP contribution is -2.30. The Kier molecular flexibility index (Phi) is 4.34. The molecule has 1 atom stereocenters. The zero-order chi connectivity index (χ0) is 15.7. The fourth-order valence-electron chi connectivity index (χ4n) is 2.79. The second-order valence-corrected chi connectivity index (χ2v) is 8.20. The zero-order valence-electron chi connectivity index (χ0n) is 12.2. The topological polar surface area (TPSA) is 50.3 Å². The number of aromatic nitrogens is 1. The predicted octanol–water partition coefficient (Wildman–Crippen LogP) is 3.68. The van der Waals surface area contributed by atoms with Crippen molar-refractivity contribution < 1.29 is 8.42 Å². The second-order valence-electron chi connectivity index (χ2n) is 5.50. The summed E-state index contributed by atoms with van der Waals surface area (Å²) in [4.78, 5) is 4.58. The van der Waals surface area contributed by atoms with Gasteiger partial charge in [0.15, 0.2) is 0 Å². The van der Waals surface area contributed by atoms with Crippen molar-refractivity contribution in [2.75, 3.05) is 6.54 Å². The minimum absolute atomic E-state index is 0.132. The number of benzene rings is 1. The first-order valence-corrected chi connectivity index (χ1v) is 9.42. The first-order chi connectivity index (χ1) is 10.5. The lowest BCUT2D eigenvalue weighted by Gasteiger charge is -2.24. The van der Waals surface area contributed by atoms with Crippen LogP contribution in [0.1, 0.15) is 30.0 Å². The predicted molar refractivity (Wildman–Crippen MR) is 89.0 cm³/mol. The van der Waals surface area contributed by atoms with E-state index in [9.17, 15) is 8.42 Å². The molecule has 0 radical (unpaired) electrons. The van der Waals surface area contributed by atoms with E-state index in [1.165, 1.54) is 0 Å². The van der Waals surface area contributed by atoms with E-state index in [4.69, 9.17) is 0 Å². The standard InChI is InChI=1S/C16H17BrN2O2S/c1-12-4-7-14(8-5-12)22(20,21)19-10-2-3-15(19)13-6-9-16(17)18-11-13/h4-9,11,15H,2-3,10H2,1H3/t15-/m1/s1. The van der Waals surface area contributed by atoms with Gasteiger partial charge in [0, 0.05) is 12.7 Å². The van der Waals surface area contributed by atoms with E-state index >= 15 is 0 Å². The highest BCUT2D eigenvalue weighted by molar-refractivity contribution is 9.10. The van der Waals surface area contributed by atoms with Gasteiger partial charge in [0.2, 0.25) is 10.0 Å². The summed E-state index contributed by atoms with van der Waals surface area (Å²) >= 11 is 3.31. The number of sulfonamides is 1. The van der Waals surface area contributed by atoms with Gasteiger partial charge in [-0.25, -0.2) is 13.4 Å². The molecule has 0 N–H and O–H groups in total. The van der Waals surface area contributed by atoms with Gasteiger partial charge < -0.3 is 0 Å². The Labute approximate surface area is 139 Å². The van der Waals surface area contributed by atoms with Crippen LogP contribution in [-0.2, 0) is 10.0 Å². The molecule has 0 bridgehead atoms. The summed E-state index contributed by atoms with van der Waals surface area (Å²) in [5.41, 5.74) is 1.99. The largest absolute Gasteiger partial charge is 0.249 e. The Morgan fingerprint density at radius 3 is 2.55 bits per heavy atom. The number of aryl methyl sites for hydroxylation is 1. The van der Waals surface area contributed by atoms with Gasteiger partial charge in [0.1, 0.15) is 4.60 Å². The van der Waals surface area contributed by atoms with Gasteiger partial charge in [-0.2, -0.15) is 4.31 Å². The molecule has 6 heteroatoms. The summed E-state index contributed by atoms with van der Waals surface area (Å²) in [6.07, 6.45) is 3.44. The van der Waals surface area contributed by atoms with Gasteiger partial charge in [0.05, 0.1) is 10.9 Å². The van der Waals surface area contributed by atoms with Crippen molar-refractivity contribution in [2.45, 2.75) is 30.7 Å². The molecule has 1 aromatic heterocycles. The first-order valence-electron chi connectivity index (χ1n) is 7.18. The van der Waals surface area contributed by atoms with Gasteiger partial charge in [-0.05, 0) is 59.5 Å². The van der Waals surface area contributed by atoms with E-state index in [-0.39, 0.29) is 6.04 Å². The van der Waals surface area contributed by atoms with Crippen molar-refractivity contribution in [1.82, 2.24) is 9.29 Å². The number of rotatable bonds is 3. The van der Waals surface area contributed by atoms with Crippen LogP contribution >= 0.6 is 15.9 Å². The Hall–Kier alpha value is -1.24. The highest BCUT2D eigenvalue weighted by atomic mass is 79.9. The van der Waals surface area contributed by atoms with Crippen LogP contribution in [0.5, 0.6) is 0 Å². The van der Waals surface area contributed by atoms with Crippen LogP contribution in [0.4, 0.5) is 0 Å². The molecule has 0 unspecified atom stereocenters. The summed E-state index contributed by atoms with van der Waals surface area (Å²) in [5, 5.41) is 0. The molecule has 2 heterocycles. The highest BCUT2D eigenvalue weighted by Crippen LogP contribution is 2.36. The van der Waals surface area contributed by atoms with Gasteiger partial charge in [0.25, 0.3) is 0 Å². The fraction of sp³-hybridized carbons (Fsp3) is 0.312. The van der Waals surface area contributed by atoms with Crippen LogP contribution in [-0.4, -0.2) is 24.3 Å². The van der Waals surface area contributed by atoms with Gasteiger partial charge in [-0.1, -0.05) is 23.8 Å².